The van der Waals surface area contributed by atoms with Gasteiger partial charge in [0.1, 0.15) is 11.8 Å². The number of piperazine rings is 1. The van der Waals surface area contributed by atoms with Gasteiger partial charge in [-0.3, -0.25) is 14.6 Å². The maximum Gasteiger partial charge on any atom is 0.253 e. The molecule has 0 saturated carbocycles. The summed E-state index contributed by atoms with van der Waals surface area (Å²) in [6.45, 7) is 14.4. The minimum absolute atomic E-state index is 0.101. The van der Waals surface area contributed by atoms with Gasteiger partial charge in [-0.05, 0) is 80.3 Å². The number of hydrogen-bond acceptors (Lipinski definition) is 7. The van der Waals surface area contributed by atoms with E-state index in [-0.39, 0.29) is 17.1 Å². The molecule has 0 radical (unpaired) electrons. The molecule has 1 saturated heterocycles. The van der Waals surface area contributed by atoms with Crippen LogP contribution >= 0.6 is 0 Å². The van der Waals surface area contributed by atoms with E-state index in [1.54, 1.807) is 6.26 Å². The zero-order valence-corrected chi connectivity index (χ0v) is 21.1. The summed E-state index contributed by atoms with van der Waals surface area (Å²) >= 11 is 0. The molecule has 9 nitrogen and oxygen atoms in total. The molecule has 0 spiro atoms. The van der Waals surface area contributed by atoms with Crippen LogP contribution in [0.5, 0.6) is 0 Å². The molecule has 1 fully saturated rings. The third kappa shape index (κ3) is 4.66. The third-order valence-electron chi connectivity index (χ3n) is 6.72. The fourth-order valence-electron chi connectivity index (χ4n) is 5.05. The predicted octanol–water partition coefficient (Wildman–Crippen LogP) is 3.39. The maximum atomic E-state index is 13.5. The molecule has 0 amide bonds. The van der Waals surface area contributed by atoms with Crippen LogP contribution in [-0.4, -0.2) is 61.2 Å². The molecule has 1 aromatic carbocycles. The van der Waals surface area contributed by atoms with Gasteiger partial charge < -0.3 is 9.40 Å². The van der Waals surface area contributed by atoms with Crippen LogP contribution in [0.2, 0.25) is 0 Å². The predicted molar refractivity (Wildman–Crippen MR) is 134 cm³/mol. The van der Waals surface area contributed by atoms with Crippen molar-refractivity contribution in [2.45, 2.75) is 52.7 Å². The van der Waals surface area contributed by atoms with E-state index < -0.39 is 0 Å². The normalized spacial score (nSPS) is 16.7. The van der Waals surface area contributed by atoms with Crippen LogP contribution < -0.4 is 5.56 Å². The number of aryl methyl sites for hydroxylation is 2. The molecule has 3 aromatic heterocycles. The number of H-pyrrole nitrogens is 1. The molecule has 184 valence electrons. The smallest absolute Gasteiger partial charge is 0.253 e. The molecule has 1 aliphatic rings. The monoisotopic (exact) mass is 475 g/mol. The van der Waals surface area contributed by atoms with Gasteiger partial charge in [0, 0.05) is 31.7 Å². The van der Waals surface area contributed by atoms with Gasteiger partial charge in [0.05, 0.1) is 23.9 Å². The molecule has 5 rings (SSSR count). The Hall–Kier alpha value is -3.30. The summed E-state index contributed by atoms with van der Waals surface area (Å²) in [4.78, 5) is 21.3. The second-order valence-electron chi connectivity index (χ2n) is 10.5. The van der Waals surface area contributed by atoms with Crippen LogP contribution in [-0.2, 0) is 12.1 Å². The molecule has 1 N–H and O–H groups in total. The van der Waals surface area contributed by atoms with Crippen molar-refractivity contribution in [3.8, 4) is 0 Å². The number of hydrogen-bond donors (Lipinski definition) is 1. The van der Waals surface area contributed by atoms with Crippen LogP contribution in [0.25, 0.3) is 10.9 Å². The third-order valence-corrected chi connectivity index (χ3v) is 6.72. The van der Waals surface area contributed by atoms with Gasteiger partial charge in [0.15, 0.2) is 5.82 Å². The number of pyridine rings is 1. The standard InChI is InChI=1S/C26H33N7O2/c1-17-13-18(2)22-19(14-17)15-21(25(34)27-22)23(24-28-29-30-33(24)26(3,4)5)32-10-8-31(9-11-32)16-20-7-6-12-35-20/h6-7,12-15,23H,8-11,16H2,1-5H3,(H,27,34). The highest BCUT2D eigenvalue weighted by Gasteiger charge is 2.35. The number of benzene rings is 1. The first-order chi connectivity index (χ1) is 16.7. The number of tetrazole rings is 1. The Kier molecular flexibility index (Phi) is 6.06. The Morgan fingerprint density at radius 2 is 1.89 bits per heavy atom. The second-order valence-corrected chi connectivity index (χ2v) is 10.5. The van der Waals surface area contributed by atoms with Crippen molar-refractivity contribution in [3.63, 3.8) is 0 Å². The van der Waals surface area contributed by atoms with Gasteiger partial charge in [-0.15, -0.1) is 5.10 Å². The molecule has 1 aliphatic heterocycles. The summed E-state index contributed by atoms with van der Waals surface area (Å²) in [5.41, 5.74) is 3.34. The summed E-state index contributed by atoms with van der Waals surface area (Å²) < 4.78 is 7.38. The highest BCUT2D eigenvalue weighted by molar-refractivity contribution is 5.83. The van der Waals surface area contributed by atoms with E-state index in [4.69, 9.17) is 4.42 Å². The van der Waals surface area contributed by atoms with Crippen LogP contribution in [0.15, 0.2) is 45.8 Å². The lowest BCUT2D eigenvalue weighted by Gasteiger charge is -2.39. The number of aromatic amines is 1. The number of aromatic nitrogens is 5. The van der Waals surface area contributed by atoms with Crippen molar-refractivity contribution < 1.29 is 4.42 Å². The second kappa shape index (κ2) is 9.05. The van der Waals surface area contributed by atoms with Gasteiger partial charge in [-0.2, -0.15) is 0 Å². The van der Waals surface area contributed by atoms with Crippen molar-refractivity contribution in [2.75, 3.05) is 26.2 Å². The fourth-order valence-corrected chi connectivity index (χ4v) is 5.05. The van der Waals surface area contributed by atoms with Crippen molar-refractivity contribution in [1.82, 2.24) is 35.0 Å². The Morgan fingerprint density at radius 1 is 1.11 bits per heavy atom. The summed E-state index contributed by atoms with van der Waals surface area (Å²) in [6, 6.07) is 9.80. The van der Waals surface area contributed by atoms with Gasteiger partial charge in [0.2, 0.25) is 0 Å². The minimum Gasteiger partial charge on any atom is -0.468 e. The largest absolute Gasteiger partial charge is 0.468 e. The van der Waals surface area contributed by atoms with E-state index >= 15 is 0 Å². The zero-order chi connectivity index (χ0) is 24.7. The molecule has 1 atom stereocenters. The Balaban J connectivity index is 1.55. The fraction of sp³-hybridized carbons (Fsp3) is 0.462. The topological polar surface area (TPSA) is 96.1 Å². The average molecular weight is 476 g/mol. The van der Waals surface area contributed by atoms with Crippen LogP contribution in [0.1, 0.15) is 55.1 Å². The van der Waals surface area contributed by atoms with E-state index in [9.17, 15) is 4.79 Å². The first-order valence-corrected chi connectivity index (χ1v) is 12.1. The van der Waals surface area contributed by atoms with Crippen LogP contribution in [0.3, 0.4) is 0 Å². The number of nitrogens with zero attached hydrogens (tertiary/aromatic N) is 6. The first-order valence-electron chi connectivity index (χ1n) is 12.1. The zero-order valence-electron chi connectivity index (χ0n) is 21.1. The Morgan fingerprint density at radius 3 is 2.57 bits per heavy atom. The lowest BCUT2D eigenvalue weighted by Crippen LogP contribution is -2.49. The quantitative estimate of drug-likeness (QED) is 0.473. The van der Waals surface area contributed by atoms with E-state index in [0.717, 1.165) is 60.5 Å². The van der Waals surface area contributed by atoms with Crippen molar-refractivity contribution in [3.05, 3.63) is 75.2 Å². The lowest BCUT2D eigenvalue weighted by atomic mass is 9.99. The molecule has 0 bridgehead atoms. The van der Waals surface area contributed by atoms with E-state index in [1.807, 2.05) is 29.8 Å². The minimum atomic E-state index is -0.357. The number of rotatable bonds is 5. The first kappa shape index (κ1) is 23.4. The van der Waals surface area contributed by atoms with Gasteiger partial charge in [-0.1, -0.05) is 11.6 Å². The number of furan rings is 1. The summed E-state index contributed by atoms with van der Waals surface area (Å²) in [7, 11) is 0. The molecule has 4 heterocycles. The van der Waals surface area contributed by atoms with Crippen molar-refractivity contribution >= 4 is 10.9 Å². The lowest BCUT2D eigenvalue weighted by molar-refractivity contribution is 0.0931. The van der Waals surface area contributed by atoms with Gasteiger partial charge >= 0.3 is 0 Å². The maximum absolute atomic E-state index is 13.5. The molecule has 35 heavy (non-hydrogen) atoms. The van der Waals surface area contributed by atoms with Crippen LogP contribution in [0, 0.1) is 13.8 Å². The molecular formula is C26H33N7O2. The summed E-state index contributed by atoms with van der Waals surface area (Å²) in [5.74, 6) is 1.65. The Bertz CT molecular complexity index is 1370. The van der Waals surface area contributed by atoms with Gasteiger partial charge in [0.25, 0.3) is 5.56 Å². The average Bonchev–Trinajstić information content (AvgIpc) is 3.48. The van der Waals surface area contributed by atoms with Crippen molar-refractivity contribution in [1.29, 1.82) is 0 Å². The summed E-state index contributed by atoms with van der Waals surface area (Å²) in [6.07, 6.45) is 1.71. The highest BCUT2D eigenvalue weighted by atomic mass is 16.3. The van der Waals surface area contributed by atoms with E-state index in [0.29, 0.717) is 11.4 Å². The van der Waals surface area contributed by atoms with Crippen LogP contribution in [0.4, 0.5) is 0 Å². The Labute approximate surface area is 204 Å². The summed E-state index contributed by atoms with van der Waals surface area (Å²) in [5, 5.41) is 13.8. The van der Waals surface area contributed by atoms with E-state index in [1.165, 1.54) is 0 Å². The molecular weight excluding hydrogens is 442 g/mol. The molecule has 0 aliphatic carbocycles. The number of fused-ring (bicyclic) bond motifs is 1. The SMILES string of the molecule is Cc1cc(C)c2[nH]c(=O)c(C(c3nnnn3C(C)(C)C)N3CCN(Cc4ccco4)CC3)cc2c1. The van der Waals surface area contributed by atoms with Crippen molar-refractivity contribution in [2.24, 2.45) is 0 Å². The van der Waals surface area contributed by atoms with E-state index in [2.05, 4.69) is 70.1 Å². The molecule has 4 aromatic rings. The highest BCUT2D eigenvalue weighted by Crippen LogP contribution is 2.31. The molecule has 1 unspecified atom stereocenters. The molecule has 9 heteroatoms. The number of nitrogens with one attached hydrogen (secondary N) is 1. The van der Waals surface area contributed by atoms with Gasteiger partial charge in [-0.25, -0.2) is 4.68 Å².